The Hall–Kier alpha value is -7.22. The van der Waals surface area contributed by atoms with Crippen LogP contribution in [-0.2, 0) is 16.2 Å². The van der Waals surface area contributed by atoms with Gasteiger partial charge in [0.1, 0.15) is 0 Å². The van der Waals surface area contributed by atoms with E-state index in [-0.39, 0.29) is 16.2 Å². The molecule has 0 saturated heterocycles. The SMILES string of the molecule is CC1(C)c2ccccc2-c2cc(-c3ccc(N(c4cccc(-c5cccc6c5C(C)(C)c5ccccc5-6)c4)c4cccc(-c5cccc6c5C(C)(C)c5ccccc5-6)c4)cc3)ccc21. The van der Waals surface area contributed by atoms with E-state index in [0.29, 0.717) is 0 Å². The lowest BCUT2D eigenvalue weighted by Gasteiger charge is -2.28. The maximum absolute atomic E-state index is 2.45. The molecule has 12 rings (SSSR count). The van der Waals surface area contributed by atoms with Crippen molar-refractivity contribution in [2.45, 2.75) is 57.8 Å². The van der Waals surface area contributed by atoms with Gasteiger partial charge in [-0.1, -0.05) is 199 Å². The van der Waals surface area contributed by atoms with Crippen molar-refractivity contribution in [2.24, 2.45) is 0 Å². The third kappa shape index (κ3) is 5.56. The van der Waals surface area contributed by atoms with Crippen molar-refractivity contribution in [3.63, 3.8) is 0 Å². The van der Waals surface area contributed by atoms with Gasteiger partial charge in [-0.05, 0) is 143 Å². The molecule has 0 bridgehead atoms. The molecule has 3 aliphatic carbocycles. The Morgan fingerprint density at radius 1 is 0.250 bits per heavy atom. The zero-order valence-corrected chi connectivity index (χ0v) is 37.5. The van der Waals surface area contributed by atoms with E-state index in [1.165, 1.54) is 100 Å². The lowest BCUT2D eigenvalue weighted by Crippen LogP contribution is -2.16. The molecule has 9 aromatic rings. The van der Waals surface area contributed by atoms with Crippen LogP contribution in [0.5, 0.6) is 0 Å². The van der Waals surface area contributed by atoms with Gasteiger partial charge in [-0.25, -0.2) is 0 Å². The summed E-state index contributed by atoms with van der Waals surface area (Å²) in [5.74, 6) is 0. The second kappa shape index (κ2) is 13.9. The molecule has 64 heavy (non-hydrogen) atoms. The molecule has 0 aliphatic heterocycles. The van der Waals surface area contributed by atoms with Crippen molar-refractivity contribution in [1.29, 1.82) is 0 Å². The molecule has 0 amide bonds. The lowest BCUT2D eigenvalue weighted by molar-refractivity contribution is 0.660. The first kappa shape index (κ1) is 38.5. The number of rotatable bonds is 6. The van der Waals surface area contributed by atoms with E-state index in [9.17, 15) is 0 Å². The highest BCUT2D eigenvalue weighted by atomic mass is 15.1. The molecular weight excluding hydrogens is 771 g/mol. The number of hydrogen-bond acceptors (Lipinski definition) is 1. The van der Waals surface area contributed by atoms with Crippen molar-refractivity contribution in [3.05, 3.63) is 234 Å². The summed E-state index contributed by atoms with van der Waals surface area (Å²) >= 11 is 0. The maximum Gasteiger partial charge on any atom is 0.0467 e. The van der Waals surface area contributed by atoms with Gasteiger partial charge in [-0.2, -0.15) is 0 Å². The monoisotopic (exact) mass is 821 g/mol. The van der Waals surface area contributed by atoms with E-state index in [1.54, 1.807) is 0 Å². The molecule has 0 saturated carbocycles. The average Bonchev–Trinajstić information content (AvgIpc) is 3.82. The quantitative estimate of drug-likeness (QED) is 0.161. The molecular formula is C63H51N. The van der Waals surface area contributed by atoms with Gasteiger partial charge in [0, 0.05) is 33.3 Å². The minimum atomic E-state index is -0.124. The molecule has 1 nitrogen and oxygen atoms in total. The van der Waals surface area contributed by atoms with Gasteiger partial charge in [0.05, 0.1) is 0 Å². The predicted molar refractivity (Wildman–Crippen MR) is 270 cm³/mol. The first-order valence-corrected chi connectivity index (χ1v) is 22.8. The summed E-state index contributed by atoms with van der Waals surface area (Å²) in [6, 6.07) is 75.1. The molecule has 1 heteroatoms. The second-order valence-corrected chi connectivity index (χ2v) is 19.7. The highest BCUT2D eigenvalue weighted by Crippen LogP contribution is 2.55. The van der Waals surface area contributed by atoms with Gasteiger partial charge in [0.2, 0.25) is 0 Å². The van der Waals surface area contributed by atoms with Gasteiger partial charge in [0.15, 0.2) is 0 Å². The third-order valence-corrected chi connectivity index (χ3v) is 15.0. The van der Waals surface area contributed by atoms with Crippen molar-refractivity contribution in [1.82, 2.24) is 0 Å². The fraction of sp³-hybridized carbons (Fsp3) is 0.143. The van der Waals surface area contributed by atoms with Gasteiger partial charge in [-0.3, -0.25) is 0 Å². The summed E-state index contributed by atoms with van der Waals surface area (Å²) in [4.78, 5) is 2.45. The highest BCUT2D eigenvalue weighted by molar-refractivity contribution is 5.92. The van der Waals surface area contributed by atoms with Crippen molar-refractivity contribution in [3.8, 4) is 66.8 Å². The van der Waals surface area contributed by atoms with Crippen LogP contribution in [-0.4, -0.2) is 0 Å². The summed E-state index contributed by atoms with van der Waals surface area (Å²) in [5, 5.41) is 0. The third-order valence-electron chi connectivity index (χ3n) is 15.0. The molecule has 0 unspecified atom stereocenters. The van der Waals surface area contributed by atoms with Crippen LogP contribution in [0, 0.1) is 0 Å². The summed E-state index contributed by atoms with van der Waals surface area (Å²) in [6.07, 6.45) is 0. The molecule has 0 heterocycles. The minimum Gasteiger partial charge on any atom is -0.310 e. The fourth-order valence-electron chi connectivity index (χ4n) is 12.0. The van der Waals surface area contributed by atoms with Gasteiger partial charge in [0.25, 0.3) is 0 Å². The number of fused-ring (bicyclic) bond motifs is 9. The van der Waals surface area contributed by atoms with Gasteiger partial charge in [-0.15, -0.1) is 0 Å². The molecule has 0 radical (unpaired) electrons. The van der Waals surface area contributed by atoms with Crippen LogP contribution in [0.4, 0.5) is 17.1 Å². The molecule has 0 N–H and O–H groups in total. The van der Waals surface area contributed by atoms with Crippen molar-refractivity contribution < 1.29 is 0 Å². The Morgan fingerprint density at radius 2 is 0.641 bits per heavy atom. The Labute approximate surface area is 378 Å². The van der Waals surface area contributed by atoms with Gasteiger partial charge < -0.3 is 4.90 Å². The predicted octanol–water partition coefficient (Wildman–Crippen LogP) is 17.1. The molecule has 0 atom stereocenters. The van der Waals surface area contributed by atoms with Crippen LogP contribution in [0.2, 0.25) is 0 Å². The standard InChI is InChI=1S/C63H51N/c1-61(2)55-28-10-9-23-51(55)54-39-41(33-36-58(54)61)40-31-34-44(35-32-40)64(45-19-13-17-42(37-45)47-24-15-26-52-49-21-7-11-29-56(49)62(3,4)59(47)52)46-20-14-18-43(38-46)48-25-16-27-53-50-22-8-12-30-57(50)63(5,6)60(48)53/h7-39H,1-6H3. The lowest BCUT2D eigenvalue weighted by atomic mass is 9.79. The molecule has 9 aromatic carbocycles. The van der Waals surface area contributed by atoms with Crippen molar-refractivity contribution >= 4 is 17.1 Å². The highest BCUT2D eigenvalue weighted by Gasteiger charge is 2.39. The number of hydrogen-bond donors (Lipinski definition) is 0. The smallest absolute Gasteiger partial charge is 0.0467 e. The summed E-state index contributed by atoms with van der Waals surface area (Å²) in [6.45, 7) is 14.2. The molecule has 308 valence electrons. The number of anilines is 3. The second-order valence-electron chi connectivity index (χ2n) is 19.7. The van der Waals surface area contributed by atoms with E-state index < -0.39 is 0 Å². The molecule has 0 fully saturated rings. The first-order chi connectivity index (χ1) is 31.0. The first-order valence-electron chi connectivity index (χ1n) is 22.8. The summed E-state index contributed by atoms with van der Waals surface area (Å²) < 4.78 is 0. The summed E-state index contributed by atoms with van der Waals surface area (Å²) in [5.41, 5.74) is 27.0. The van der Waals surface area contributed by atoms with Crippen LogP contribution >= 0.6 is 0 Å². The van der Waals surface area contributed by atoms with E-state index in [1.807, 2.05) is 0 Å². The van der Waals surface area contributed by atoms with Crippen LogP contribution in [0.25, 0.3) is 66.8 Å². The Morgan fingerprint density at radius 3 is 1.16 bits per heavy atom. The Bertz CT molecular complexity index is 3210. The van der Waals surface area contributed by atoms with Crippen LogP contribution in [0.1, 0.15) is 74.9 Å². The normalized spacial score (nSPS) is 15.1. The van der Waals surface area contributed by atoms with Crippen LogP contribution in [0.3, 0.4) is 0 Å². The average molecular weight is 822 g/mol. The fourth-order valence-corrected chi connectivity index (χ4v) is 12.0. The molecule has 0 spiro atoms. The Kier molecular flexibility index (Phi) is 8.35. The largest absolute Gasteiger partial charge is 0.310 e. The minimum absolute atomic E-state index is 0.0169. The number of nitrogens with zero attached hydrogens (tertiary/aromatic N) is 1. The van der Waals surface area contributed by atoms with E-state index >= 15 is 0 Å². The van der Waals surface area contributed by atoms with Crippen LogP contribution in [0.15, 0.2) is 200 Å². The van der Waals surface area contributed by atoms with Crippen LogP contribution < -0.4 is 4.90 Å². The number of benzene rings is 9. The zero-order chi connectivity index (χ0) is 43.5. The molecule has 0 aromatic heterocycles. The van der Waals surface area contributed by atoms with Gasteiger partial charge >= 0.3 is 0 Å². The Balaban J connectivity index is 0.995. The van der Waals surface area contributed by atoms with E-state index in [0.717, 1.165) is 17.1 Å². The van der Waals surface area contributed by atoms with E-state index in [4.69, 9.17) is 0 Å². The zero-order valence-electron chi connectivity index (χ0n) is 37.5. The maximum atomic E-state index is 2.45. The van der Waals surface area contributed by atoms with Crippen molar-refractivity contribution in [2.75, 3.05) is 4.90 Å². The van der Waals surface area contributed by atoms with E-state index in [2.05, 4.69) is 247 Å². The summed E-state index contributed by atoms with van der Waals surface area (Å²) in [7, 11) is 0. The molecule has 3 aliphatic rings. The topological polar surface area (TPSA) is 3.24 Å².